The number of hydrogen-bond donors (Lipinski definition) is 2. The van der Waals surface area contributed by atoms with Gasteiger partial charge in [0.15, 0.2) is 0 Å². The highest BCUT2D eigenvalue weighted by atomic mass is 35.5. The van der Waals surface area contributed by atoms with Crippen molar-refractivity contribution in [2.45, 2.75) is 72.0 Å². The molecule has 0 atom stereocenters. The summed E-state index contributed by atoms with van der Waals surface area (Å²) in [5, 5.41) is 17.0. The average Bonchev–Trinajstić information content (AvgIpc) is 2.77. The summed E-state index contributed by atoms with van der Waals surface area (Å²) < 4.78 is 15.7. The molecular formula is C23H41Cl3O7. The number of hydrogen-bond acceptors (Lipinski definition) is 7. The monoisotopic (exact) mass is 535 g/mol. The second kappa shape index (κ2) is 26.9. The minimum atomic E-state index is -0.608. The summed E-state index contributed by atoms with van der Waals surface area (Å²) in [4.78, 5) is 31.2. The molecule has 0 aromatic rings. The van der Waals surface area contributed by atoms with Crippen LogP contribution in [-0.2, 0) is 23.9 Å². The lowest BCUT2D eigenvalue weighted by atomic mass is 10.0. The van der Waals surface area contributed by atoms with Crippen molar-refractivity contribution < 1.29 is 35.4 Å². The van der Waals surface area contributed by atoms with Crippen LogP contribution >= 0.6 is 34.8 Å². The molecule has 0 heterocycles. The number of aliphatic hydroxyl groups is 2. The first-order valence-electron chi connectivity index (χ1n) is 10.6. The molecule has 0 bridgehead atoms. The van der Waals surface area contributed by atoms with Crippen LogP contribution < -0.4 is 0 Å². The molecule has 0 saturated heterocycles. The van der Waals surface area contributed by atoms with Gasteiger partial charge in [-0.05, 0) is 71.1 Å². The number of halogens is 3. The molecule has 0 radical (unpaired) electrons. The van der Waals surface area contributed by atoms with E-state index >= 15 is 0 Å². The Bertz CT molecular complexity index is 549. The van der Waals surface area contributed by atoms with Gasteiger partial charge in [-0.15, -0.1) is 23.2 Å². The standard InChI is InChI=1S/C12H18O4.C6H14O2.C3H3ClO.CH2Cl2.CH4/c1-5-10(13)15-9-7-8-12(3,4)16-11(14)6-2;1-6(2,8)4-3-5-7;1-2-3(4)5;2-1-3;/h5-6H,1-2,7-9H2,3-4H3;7-8H,3-5H2,1-2H3;2H,1H2;1H2;1H4/i;;;;1D. The third-order valence-corrected chi connectivity index (χ3v) is 3.14. The predicted octanol–water partition coefficient (Wildman–Crippen LogP) is 5.53. The zero-order valence-electron chi connectivity index (χ0n) is 21.4. The van der Waals surface area contributed by atoms with E-state index in [0.717, 1.165) is 18.2 Å². The molecule has 196 valence electrons. The van der Waals surface area contributed by atoms with Crippen LogP contribution in [0.2, 0.25) is 0 Å². The van der Waals surface area contributed by atoms with Crippen molar-refractivity contribution in [2.24, 2.45) is 0 Å². The first-order chi connectivity index (χ1) is 15.7. The molecule has 0 rings (SSSR count). The van der Waals surface area contributed by atoms with E-state index < -0.39 is 28.4 Å². The van der Waals surface area contributed by atoms with Gasteiger partial charge in [0.25, 0.3) is 0 Å². The van der Waals surface area contributed by atoms with Gasteiger partial charge in [0.05, 0.1) is 17.5 Å². The van der Waals surface area contributed by atoms with Crippen LogP contribution in [-0.4, -0.2) is 57.1 Å². The topological polar surface area (TPSA) is 110 Å². The van der Waals surface area contributed by atoms with Crippen molar-refractivity contribution in [3.8, 4) is 0 Å². The first kappa shape index (κ1) is 38.9. The quantitative estimate of drug-likeness (QED) is 0.117. The third kappa shape index (κ3) is 49.0. The second-order valence-electron chi connectivity index (χ2n) is 7.11. The number of allylic oxidation sites excluding steroid dienone is 1. The molecule has 10 heteroatoms. The Morgan fingerprint density at radius 1 is 0.970 bits per heavy atom. The van der Waals surface area contributed by atoms with Crippen molar-refractivity contribution in [3.05, 3.63) is 38.0 Å². The van der Waals surface area contributed by atoms with E-state index in [1.54, 1.807) is 27.7 Å². The summed E-state index contributed by atoms with van der Waals surface area (Å²) in [6.45, 7) is 17.2. The highest BCUT2D eigenvalue weighted by Gasteiger charge is 2.21. The van der Waals surface area contributed by atoms with Crippen LogP contribution in [0.15, 0.2) is 38.0 Å². The molecule has 0 unspecified atom stereocenters. The van der Waals surface area contributed by atoms with Gasteiger partial charge in [-0.1, -0.05) is 27.1 Å². The maximum absolute atomic E-state index is 11.0. The van der Waals surface area contributed by atoms with Gasteiger partial charge in [0.2, 0.25) is 5.24 Å². The summed E-state index contributed by atoms with van der Waals surface area (Å²) in [5.41, 5.74) is -1.19. The van der Waals surface area contributed by atoms with E-state index in [2.05, 4.69) is 19.7 Å². The van der Waals surface area contributed by atoms with E-state index in [9.17, 15) is 14.4 Å². The summed E-state index contributed by atoms with van der Waals surface area (Å²) in [5.74, 6) is -0.894. The lowest BCUT2D eigenvalue weighted by Crippen LogP contribution is -2.27. The number of carbonyl (C=O) groups is 3. The van der Waals surface area contributed by atoms with Crippen LogP contribution in [0.25, 0.3) is 0 Å². The minimum Gasteiger partial charge on any atom is -0.463 e. The zero-order chi connectivity index (χ0) is 28.2. The number of aliphatic hydroxyl groups excluding tert-OH is 1. The van der Waals surface area contributed by atoms with Gasteiger partial charge in [0, 0.05) is 20.1 Å². The van der Waals surface area contributed by atoms with Gasteiger partial charge < -0.3 is 19.7 Å². The number of carbonyl (C=O) groups excluding carboxylic acids is 3. The largest absolute Gasteiger partial charge is 0.463 e. The highest BCUT2D eigenvalue weighted by Crippen LogP contribution is 2.17. The molecule has 0 aliphatic rings. The molecule has 2 N–H and O–H groups in total. The fourth-order valence-electron chi connectivity index (χ4n) is 1.61. The van der Waals surface area contributed by atoms with Crippen LogP contribution in [0.5, 0.6) is 0 Å². The van der Waals surface area contributed by atoms with Gasteiger partial charge in [-0.3, -0.25) is 4.79 Å². The van der Waals surface area contributed by atoms with Crippen molar-refractivity contribution in [1.82, 2.24) is 0 Å². The van der Waals surface area contributed by atoms with E-state index in [-0.39, 0.29) is 11.9 Å². The van der Waals surface area contributed by atoms with E-state index in [4.69, 9.17) is 55.9 Å². The van der Waals surface area contributed by atoms with Crippen LogP contribution in [0.3, 0.4) is 0 Å². The minimum absolute atomic E-state index is 0.171. The third-order valence-electron chi connectivity index (χ3n) is 2.98. The zero-order valence-corrected chi connectivity index (χ0v) is 22.6. The smallest absolute Gasteiger partial charge is 0.330 e. The van der Waals surface area contributed by atoms with Crippen molar-refractivity contribution in [1.29, 1.82) is 0 Å². The SMILES string of the molecule is C=CC(=O)Cl.C=CC(=O)OCCCC(C)(C)OC(=O)C=C.CC(C)(O)CCCO.ClCCl.[2H]C. The van der Waals surface area contributed by atoms with Crippen LogP contribution in [0, 0.1) is 0 Å². The molecular weight excluding hydrogens is 495 g/mol. The Kier molecular flexibility index (Phi) is 31.6. The Morgan fingerprint density at radius 2 is 1.39 bits per heavy atom. The maximum atomic E-state index is 11.0. The van der Waals surface area contributed by atoms with Crippen LogP contribution in [0.4, 0.5) is 0 Å². The fourth-order valence-corrected chi connectivity index (χ4v) is 1.61. The predicted molar refractivity (Wildman–Crippen MR) is 138 cm³/mol. The molecule has 0 spiro atoms. The summed E-state index contributed by atoms with van der Waals surface area (Å²) in [6, 6.07) is 0. The van der Waals surface area contributed by atoms with E-state index in [1.165, 1.54) is 7.40 Å². The van der Waals surface area contributed by atoms with E-state index in [0.29, 0.717) is 32.3 Å². The number of ether oxygens (including phenoxy) is 2. The normalized spacial score (nSPS) is 9.70. The Balaban J connectivity index is -0.000000129. The summed E-state index contributed by atoms with van der Waals surface area (Å²) in [6.07, 6.45) is 5.87. The van der Waals surface area contributed by atoms with Crippen molar-refractivity contribution in [3.63, 3.8) is 0 Å². The number of alkyl halides is 2. The van der Waals surface area contributed by atoms with E-state index in [1.807, 2.05) is 0 Å². The molecule has 0 amide bonds. The summed E-state index contributed by atoms with van der Waals surface area (Å²) >= 11 is 14.2. The maximum Gasteiger partial charge on any atom is 0.330 e. The van der Waals surface area contributed by atoms with Gasteiger partial charge >= 0.3 is 11.9 Å². The number of esters is 2. The Morgan fingerprint density at radius 3 is 1.67 bits per heavy atom. The fraction of sp³-hybridized carbons (Fsp3) is 0.609. The van der Waals surface area contributed by atoms with Crippen molar-refractivity contribution in [2.75, 3.05) is 18.6 Å². The Labute approximate surface area is 215 Å². The molecule has 0 aromatic heterocycles. The Hall–Kier alpha value is -1.38. The molecule has 33 heavy (non-hydrogen) atoms. The van der Waals surface area contributed by atoms with Gasteiger partial charge in [0.1, 0.15) is 5.60 Å². The van der Waals surface area contributed by atoms with Crippen LogP contribution in [0.1, 0.15) is 62.2 Å². The highest BCUT2D eigenvalue weighted by molar-refractivity contribution is 6.66. The number of rotatable bonds is 11. The second-order valence-corrected chi connectivity index (χ2v) is 8.29. The molecule has 0 aliphatic heterocycles. The molecule has 0 fully saturated rings. The lowest BCUT2D eigenvalue weighted by molar-refractivity contribution is -0.151. The molecule has 7 nitrogen and oxygen atoms in total. The molecule has 0 aromatic carbocycles. The van der Waals surface area contributed by atoms with Gasteiger partial charge in [-0.2, -0.15) is 0 Å². The van der Waals surface area contributed by atoms with Gasteiger partial charge in [-0.25, -0.2) is 9.59 Å². The molecule has 0 aliphatic carbocycles. The lowest BCUT2D eigenvalue weighted by Gasteiger charge is -2.24. The first-order valence-corrected chi connectivity index (χ1v) is 11.0. The van der Waals surface area contributed by atoms with Crippen molar-refractivity contribution >= 4 is 52.0 Å². The average molecular weight is 537 g/mol. The summed E-state index contributed by atoms with van der Waals surface area (Å²) in [7, 11) is 1.25. The molecule has 0 saturated carbocycles.